The van der Waals surface area contributed by atoms with Gasteiger partial charge < -0.3 is 0 Å². The Morgan fingerprint density at radius 3 is 2.67 bits per heavy atom. The van der Waals surface area contributed by atoms with Crippen LogP contribution in [0.25, 0.3) is 33.5 Å². The predicted molar refractivity (Wildman–Crippen MR) is 140 cm³/mol. The van der Waals surface area contributed by atoms with Gasteiger partial charge in [0.25, 0.3) is 0 Å². The Balaban J connectivity index is 1.70. The first kappa shape index (κ1) is 22.3. The Morgan fingerprint density at radius 1 is 1.03 bits per heavy atom. The number of carbonyl (C=O) groups is 1. The molecule has 0 bridgehead atoms. The van der Waals surface area contributed by atoms with Gasteiger partial charge in [-0.3, -0.25) is 9.78 Å². The topological polar surface area (TPSA) is 79.5 Å². The second kappa shape index (κ2) is 8.49. The van der Waals surface area contributed by atoms with Gasteiger partial charge in [-0.15, -0.1) is 0 Å². The second-order valence-electron chi connectivity index (χ2n) is 10.1. The molecule has 4 aromatic rings. The summed E-state index contributed by atoms with van der Waals surface area (Å²) in [6.45, 7) is 4.12. The maximum absolute atomic E-state index is 13.0. The fourth-order valence-electron chi connectivity index (χ4n) is 6.23. The zero-order chi connectivity index (χ0) is 24.9. The van der Waals surface area contributed by atoms with Gasteiger partial charge in [-0.2, -0.15) is 5.26 Å². The van der Waals surface area contributed by atoms with E-state index in [0.717, 1.165) is 58.2 Å². The Labute approximate surface area is 210 Å². The van der Waals surface area contributed by atoms with E-state index in [1.165, 1.54) is 0 Å². The molecule has 5 heteroatoms. The van der Waals surface area contributed by atoms with Crippen molar-refractivity contribution >= 4 is 16.7 Å². The first-order valence-corrected chi connectivity index (χ1v) is 12.5. The lowest BCUT2D eigenvalue weighted by Gasteiger charge is -2.41. The Hall–Kier alpha value is -4.17. The Kier molecular flexibility index (Phi) is 5.26. The third-order valence-electron chi connectivity index (χ3n) is 8.01. The minimum absolute atomic E-state index is 0.0545. The lowest BCUT2D eigenvalue weighted by atomic mass is 9.61. The normalized spacial score (nSPS) is 23.2. The molecule has 3 atom stereocenters. The number of nitriles is 1. The quantitative estimate of drug-likeness (QED) is 0.347. The molecule has 2 aliphatic rings. The van der Waals surface area contributed by atoms with Crippen LogP contribution in [0.1, 0.15) is 37.9 Å². The number of rotatable bonds is 2. The minimum Gasteiger partial charge on any atom is -0.293 e. The van der Waals surface area contributed by atoms with Crippen LogP contribution in [0.4, 0.5) is 0 Å². The van der Waals surface area contributed by atoms with E-state index in [0.29, 0.717) is 5.82 Å². The van der Waals surface area contributed by atoms with Crippen molar-refractivity contribution in [3.05, 3.63) is 89.8 Å². The summed E-state index contributed by atoms with van der Waals surface area (Å²) in [5.41, 5.74) is 5.53. The summed E-state index contributed by atoms with van der Waals surface area (Å²) in [4.78, 5) is 27.9. The number of ketones is 1. The zero-order valence-corrected chi connectivity index (χ0v) is 20.4. The van der Waals surface area contributed by atoms with E-state index in [4.69, 9.17) is 9.97 Å². The van der Waals surface area contributed by atoms with Gasteiger partial charge in [-0.25, -0.2) is 9.97 Å². The van der Waals surface area contributed by atoms with E-state index in [9.17, 15) is 10.1 Å². The molecule has 5 nitrogen and oxygen atoms in total. The molecular weight excluding hydrogens is 444 g/mol. The number of hydrogen-bond acceptors (Lipinski definition) is 5. The third kappa shape index (κ3) is 3.37. The van der Waals surface area contributed by atoms with Gasteiger partial charge in [-0.1, -0.05) is 68.5 Å². The number of aromatic nitrogens is 3. The van der Waals surface area contributed by atoms with Gasteiger partial charge in [0.05, 0.1) is 22.5 Å². The average Bonchev–Trinajstić information content (AvgIpc) is 3.07. The molecule has 0 amide bonds. The summed E-state index contributed by atoms with van der Waals surface area (Å²) in [6, 6.07) is 22.4. The lowest BCUT2D eigenvalue weighted by Crippen LogP contribution is -2.42. The number of allylic oxidation sites excluding steroid dienone is 2. The van der Waals surface area contributed by atoms with Gasteiger partial charge >= 0.3 is 0 Å². The number of nitrogens with zero attached hydrogens (tertiary/aromatic N) is 4. The number of fused-ring (bicyclic) bond motifs is 4. The third-order valence-corrected chi connectivity index (χ3v) is 8.01. The van der Waals surface area contributed by atoms with E-state index >= 15 is 0 Å². The van der Waals surface area contributed by atoms with E-state index in [2.05, 4.69) is 36.2 Å². The first-order chi connectivity index (χ1) is 17.5. The van der Waals surface area contributed by atoms with Crippen molar-refractivity contribution in [2.75, 3.05) is 0 Å². The van der Waals surface area contributed by atoms with Crippen molar-refractivity contribution in [3.8, 4) is 28.7 Å². The fourth-order valence-corrected chi connectivity index (χ4v) is 6.23. The highest BCUT2D eigenvalue weighted by molar-refractivity contribution is 6.02. The molecule has 2 heterocycles. The molecule has 0 spiro atoms. The summed E-state index contributed by atoms with van der Waals surface area (Å²) in [5, 5.41) is 10.8. The van der Waals surface area contributed by atoms with E-state index in [1.54, 1.807) is 6.20 Å². The van der Waals surface area contributed by atoms with Crippen LogP contribution in [0.5, 0.6) is 0 Å². The van der Waals surface area contributed by atoms with E-state index in [1.807, 2.05) is 55.5 Å². The summed E-state index contributed by atoms with van der Waals surface area (Å²) < 4.78 is 0. The van der Waals surface area contributed by atoms with Crippen LogP contribution in [0.3, 0.4) is 0 Å². The minimum atomic E-state index is -0.547. The van der Waals surface area contributed by atoms with Crippen LogP contribution in [0.2, 0.25) is 0 Å². The Morgan fingerprint density at radius 2 is 1.86 bits per heavy atom. The number of pyridine rings is 1. The van der Waals surface area contributed by atoms with Crippen molar-refractivity contribution in [2.24, 2.45) is 11.8 Å². The number of hydrogen-bond donors (Lipinski definition) is 0. The molecule has 6 rings (SSSR count). The molecule has 0 unspecified atom stereocenters. The molecule has 0 N–H and O–H groups in total. The highest BCUT2D eigenvalue weighted by Crippen LogP contribution is 2.50. The highest BCUT2D eigenvalue weighted by Gasteiger charge is 2.48. The van der Waals surface area contributed by atoms with Crippen LogP contribution >= 0.6 is 0 Å². The van der Waals surface area contributed by atoms with E-state index in [-0.39, 0.29) is 23.2 Å². The smallest absolute Gasteiger partial charge is 0.176 e. The largest absolute Gasteiger partial charge is 0.293 e. The van der Waals surface area contributed by atoms with Crippen LogP contribution in [-0.4, -0.2) is 20.7 Å². The molecule has 2 aromatic carbocycles. The monoisotopic (exact) mass is 470 g/mol. The zero-order valence-electron chi connectivity index (χ0n) is 20.4. The lowest BCUT2D eigenvalue weighted by molar-refractivity contribution is -0.121. The molecule has 0 saturated carbocycles. The first-order valence-electron chi connectivity index (χ1n) is 12.5. The molecule has 0 fully saturated rings. The molecule has 0 radical (unpaired) electrons. The fraction of sp³-hybridized carbons (Fsp3) is 0.258. The molecule has 0 saturated heterocycles. The molecule has 0 aliphatic heterocycles. The van der Waals surface area contributed by atoms with Crippen molar-refractivity contribution < 1.29 is 4.79 Å². The van der Waals surface area contributed by atoms with Gasteiger partial charge in [0.15, 0.2) is 11.6 Å². The van der Waals surface area contributed by atoms with Crippen LogP contribution in [0.15, 0.2) is 78.5 Å². The predicted octanol–water partition coefficient (Wildman–Crippen LogP) is 6.24. The number of carbonyl (C=O) groups excluding carboxylic acids is 1. The van der Waals surface area contributed by atoms with Gasteiger partial charge in [0, 0.05) is 39.6 Å². The number of Topliss-reactive ketones (excluding diaryl/α,β-unsaturated/α-hetero) is 1. The van der Waals surface area contributed by atoms with Gasteiger partial charge in [0.2, 0.25) is 0 Å². The Bertz CT molecular complexity index is 1580. The maximum Gasteiger partial charge on any atom is 0.176 e. The molecular formula is C31H26N4O. The van der Waals surface area contributed by atoms with E-state index < -0.39 is 5.41 Å². The van der Waals surface area contributed by atoms with Crippen LogP contribution < -0.4 is 0 Å². The van der Waals surface area contributed by atoms with Crippen molar-refractivity contribution in [2.45, 2.75) is 38.5 Å². The van der Waals surface area contributed by atoms with Gasteiger partial charge in [0.1, 0.15) is 6.07 Å². The molecule has 2 aliphatic carbocycles. The van der Waals surface area contributed by atoms with Crippen LogP contribution in [-0.2, 0) is 16.6 Å². The van der Waals surface area contributed by atoms with Crippen molar-refractivity contribution in [1.82, 2.24) is 15.0 Å². The SMILES string of the molecule is C[C@H]1C(=O)C(C#N)=C[C@@]2(C)c3nc(-c4cccc5ncccc45)nc(-c4ccccc4)c3CCC[C@H]12. The second-order valence-corrected chi connectivity index (χ2v) is 10.1. The summed E-state index contributed by atoms with van der Waals surface area (Å²) >= 11 is 0. The standard InChI is InChI=1S/C31H26N4O/c1-19-25-14-6-12-24-27(20-9-4-3-5-10-20)34-30(23-11-7-15-26-22(23)13-8-16-33-26)35-29(24)31(25,2)17-21(18-32)28(19)36/h3-5,7-11,13,15-17,19,25H,6,12,14H2,1-2H3/t19-,25-,31-/m1/s1. The van der Waals surface area contributed by atoms with Crippen LogP contribution in [0, 0.1) is 23.2 Å². The van der Waals surface area contributed by atoms with Crippen molar-refractivity contribution in [3.63, 3.8) is 0 Å². The van der Waals surface area contributed by atoms with Crippen molar-refractivity contribution in [1.29, 1.82) is 5.26 Å². The summed E-state index contributed by atoms with van der Waals surface area (Å²) in [7, 11) is 0. The highest BCUT2D eigenvalue weighted by atomic mass is 16.1. The molecule has 176 valence electrons. The number of benzene rings is 2. The summed E-state index contributed by atoms with van der Waals surface area (Å²) in [5.74, 6) is 0.426. The van der Waals surface area contributed by atoms with Gasteiger partial charge in [-0.05, 0) is 37.3 Å². The maximum atomic E-state index is 13.0. The molecule has 2 aromatic heterocycles. The molecule has 36 heavy (non-hydrogen) atoms. The summed E-state index contributed by atoms with van der Waals surface area (Å²) in [6.07, 6.45) is 6.36. The average molecular weight is 471 g/mol.